The number of carbonyl (C=O) groups is 1. The summed E-state index contributed by atoms with van der Waals surface area (Å²) in [6, 6.07) is 12.2. The molecule has 0 aliphatic rings. The fourth-order valence-corrected chi connectivity index (χ4v) is 2.77. The lowest BCUT2D eigenvalue weighted by Crippen LogP contribution is -1.97. The Labute approximate surface area is 150 Å². The molecule has 0 fully saturated rings. The van der Waals surface area contributed by atoms with E-state index < -0.39 is 5.91 Å². The smallest absolute Gasteiger partial charge is 0.295 e. The normalized spacial score (nSPS) is 11.2. The Kier molecular flexibility index (Phi) is 4.88. The molecule has 0 radical (unpaired) electrons. The third kappa shape index (κ3) is 3.11. The predicted molar refractivity (Wildman–Crippen MR) is 97.7 cm³/mol. The summed E-state index contributed by atoms with van der Waals surface area (Å²) in [6.45, 7) is 2.49. The highest BCUT2D eigenvalue weighted by Crippen LogP contribution is 2.38. The van der Waals surface area contributed by atoms with Crippen LogP contribution in [0.1, 0.15) is 17.3 Å². The Morgan fingerprint density at radius 3 is 2.38 bits per heavy atom. The van der Waals surface area contributed by atoms with Gasteiger partial charge in [-0.1, -0.05) is 18.2 Å². The van der Waals surface area contributed by atoms with Gasteiger partial charge in [-0.3, -0.25) is 4.79 Å². The second-order valence-corrected chi connectivity index (χ2v) is 5.54. The molecule has 0 saturated heterocycles. The van der Waals surface area contributed by atoms with Gasteiger partial charge in [0.2, 0.25) is 5.88 Å². The molecular weight excluding hydrogens is 334 g/mol. The van der Waals surface area contributed by atoms with Crippen molar-refractivity contribution in [2.24, 2.45) is 10.2 Å². The maximum Gasteiger partial charge on any atom is 0.295 e. The van der Waals surface area contributed by atoms with E-state index >= 15 is 0 Å². The van der Waals surface area contributed by atoms with E-state index in [1.807, 2.05) is 31.2 Å². The monoisotopic (exact) mass is 353 g/mol. The molecule has 0 aliphatic carbocycles. The van der Waals surface area contributed by atoms with Crippen molar-refractivity contribution in [2.75, 3.05) is 14.2 Å². The van der Waals surface area contributed by atoms with E-state index in [1.54, 1.807) is 22.8 Å². The number of hydrogen-bond acceptors (Lipinski definition) is 5. The molecule has 0 saturated carbocycles. The van der Waals surface area contributed by atoms with Gasteiger partial charge in [-0.25, -0.2) is 0 Å². The quantitative estimate of drug-likeness (QED) is 0.693. The summed E-state index contributed by atoms with van der Waals surface area (Å²) < 4.78 is 12.0. The van der Waals surface area contributed by atoms with Crippen molar-refractivity contribution < 1.29 is 19.4 Å². The molecule has 2 aromatic carbocycles. The fraction of sp³-hybridized carbons (Fsp3) is 0.211. The number of benzene rings is 2. The summed E-state index contributed by atoms with van der Waals surface area (Å²) in [5.41, 5.74) is 1.38. The van der Waals surface area contributed by atoms with Gasteiger partial charge in [0, 0.05) is 18.0 Å². The van der Waals surface area contributed by atoms with Crippen LogP contribution in [-0.2, 0) is 6.54 Å². The van der Waals surface area contributed by atoms with Crippen LogP contribution >= 0.6 is 0 Å². The van der Waals surface area contributed by atoms with Gasteiger partial charge >= 0.3 is 0 Å². The van der Waals surface area contributed by atoms with Crippen LogP contribution in [0.15, 0.2) is 52.7 Å². The van der Waals surface area contributed by atoms with Crippen LogP contribution < -0.4 is 9.47 Å². The van der Waals surface area contributed by atoms with Gasteiger partial charge in [0.1, 0.15) is 11.5 Å². The zero-order chi connectivity index (χ0) is 18.7. The van der Waals surface area contributed by atoms with E-state index in [1.165, 1.54) is 14.2 Å². The first-order valence-corrected chi connectivity index (χ1v) is 8.08. The van der Waals surface area contributed by atoms with Gasteiger partial charge in [0.05, 0.1) is 25.3 Å². The average molecular weight is 353 g/mol. The molecule has 0 spiro atoms. The van der Waals surface area contributed by atoms with Crippen LogP contribution in [0, 0.1) is 0 Å². The largest absolute Gasteiger partial charge is 0.497 e. The number of aromatic nitrogens is 1. The van der Waals surface area contributed by atoms with Gasteiger partial charge < -0.3 is 19.1 Å². The molecule has 3 aromatic rings. The summed E-state index contributed by atoms with van der Waals surface area (Å²) in [7, 11) is 3.00. The number of aromatic hydroxyl groups is 1. The fourth-order valence-electron chi connectivity index (χ4n) is 2.77. The molecule has 7 heteroatoms. The first kappa shape index (κ1) is 17.5. The number of methoxy groups -OCH3 is 2. The number of amides is 1. The molecule has 134 valence electrons. The van der Waals surface area contributed by atoms with Crippen molar-refractivity contribution in [3.8, 4) is 17.4 Å². The number of rotatable bonds is 5. The second kappa shape index (κ2) is 7.26. The number of ether oxygens (including phenoxy) is 2. The summed E-state index contributed by atoms with van der Waals surface area (Å²) in [4.78, 5) is 12.4. The van der Waals surface area contributed by atoms with Crippen LogP contribution in [0.4, 0.5) is 5.69 Å². The molecule has 1 amide bonds. The Morgan fingerprint density at radius 1 is 1.12 bits per heavy atom. The molecule has 1 heterocycles. The van der Waals surface area contributed by atoms with Crippen LogP contribution in [0.2, 0.25) is 0 Å². The number of aryl methyl sites for hydroxylation is 1. The van der Waals surface area contributed by atoms with Gasteiger partial charge in [0.25, 0.3) is 5.91 Å². The third-order valence-electron chi connectivity index (χ3n) is 4.07. The molecular formula is C19H19N3O4. The van der Waals surface area contributed by atoms with Crippen molar-refractivity contribution in [1.29, 1.82) is 0 Å². The summed E-state index contributed by atoms with van der Waals surface area (Å²) in [6.07, 6.45) is 0. The number of carbonyl (C=O) groups excluding carboxylic acids is 1. The Morgan fingerprint density at radius 2 is 1.77 bits per heavy atom. The minimum Gasteiger partial charge on any atom is -0.497 e. The third-order valence-corrected chi connectivity index (χ3v) is 4.07. The van der Waals surface area contributed by atoms with Crippen LogP contribution in [0.3, 0.4) is 0 Å². The lowest BCUT2D eigenvalue weighted by molar-refractivity contribution is 0.0994. The van der Waals surface area contributed by atoms with Gasteiger partial charge in [-0.05, 0) is 25.1 Å². The molecule has 1 aromatic heterocycles. The maximum atomic E-state index is 12.4. The van der Waals surface area contributed by atoms with E-state index in [2.05, 4.69) is 10.2 Å². The van der Waals surface area contributed by atoms with E-state index in [0.717, 1.165) is 10.9 Å². The number of para-hydroxylation sites is 1. The standard InChI is InChI=1S/C19H19N3O4/c1-4-22-16-8-6-5-7-15(16)17(19(22)24)20-21-18(23)12-9-13(25-2)11-14(10-12)26-3/h5-11,24H,4H2,1-3H3. The van der Waals surface area contributed by atoms with Gasteiger partial charge in [-0.2, -0.15) is 0 Å². The first-order valence-electron chi connectivity index (χ1n) is 8.08. The van der Waals surface area contributed by atoms with Crippen molar-refractivity contribution >= 4 is 22.5 Å². The summed E-state index contributed by atoms with van der Waals surface area (Å²) in [5, 5.41) is 18.9. The Bertz CT molecular complexity index is 970. The first-order chi connectivity index (χ1) is 12.6. The molecule has 1 N–H and O–H groups in total. The zero-order valence-electron chi connectivity index (χ0n) is 14.8. The molecule has 0 aliphatic heterocycles. The van der Waals surface area contributed by atoms with Crippen molar-refractivity contribution in [3.05, 3.63) is 48.0 Å². The second-order valence-electron chi connectivity index (χ2n) is 5.54. The Hall–Kier alpha value is -3.35. The highest BCUT2D eigenvalue weighted by molar-refractivity contribution is 5.97. The number of fused-ring (bicyclic) bond motifs is 1. The van der Waals surface area contributed by atoms with E-state index in [9.17, 15) is 9.90 Å². The highest BCUT2D eigenvalue weighted by Gasteiger charge is 2.16. The molecule has 3 rings (SSSR count). The number of azo groups is 1. The molecule has 26 heavy (non-hydrogen) atoms. The maximum absolute atomic E-state index is 12.4. The number of nitrogens with zero attached hydrogens (tertiary/aromatic N) is 3. The minimum absolute atomic E-state index is 0.0199. The molecule has 0 atom stereocenters. The van der Waals surface area contributed by atoms with E-state index in [0.29, 0.717) is 18.0 Å². The highest BCUT2D eigenvalue weighted by atomic mass is 16.5. The van der Waals surface area contributed by atoms with E-state index in [4.69, 9.17) is 9.47 Å². The molecule has 7 nitrogen and oxygen atoms in total. The lowest BCUT2D eigenvalue weighted by atomic mass is 10.2. The van der Waals surface area contributed by atoms with Crippen molar-refractivity contribution in [2.45, 2.75) is 13.5 Å². The molecule has 0 unspecified atom stereocenters. The summed E-state index contributed by atoms with van der Waals surface area (Å²) >= 11 is 0. The minimum atomic E-state index is -0.560. The van der Waals surface area contributed by atoms with Gasteiger partial charge in [-0.15, -0.1) is 10.2 Å². The summed E-state index contributed by atoms with van der Waals surface area (Å²) in [5.74, 6) is 0.380. The zero-order valence-corrected chi connectivity index (χ0v) is 14.8. The van der Waals surface area contributed by atoms with E-state index in [-0.39, 0.29) is 17.1 Å². The predicted octanol–water partition coefficient (Wildman–Crippen LogP) is 4.31. The van der Waals surface area contributed by atoms with Gasteiger partial charge in [0.15, 0.2) is 5.69 Å². The van der Waals surface area contributed by atoms with Crippen molar-refractivity contribution in [1.82, 2.24) is 4.57 Å². The lowest BCUT2D eigenvalue weighted by Gasteiger charge is -2.05. The molecule has 0 bridgehead atoms. The Balaban J connectivity index is 1.99. The number of hydrogen-bond donors (Lipinski definition) is 1. The van der Waals surface area contributed by atoms with Crippen LogP contribution in [0.5, 0.6) is 17.4 Å². The average Bonchev–Trinajstić information content (AvgIpc) is 2.96. The topological polar surface area (TPSA) is 85.4 Å². The van der Waals surface area contributed by atoms with Crippen LogP contribution in [-0.4, -0.2) is 29.8 Å². The SMILES string of the molecule is CCn1c(O)c(N=NC(=O)c2cc(OC)cc(OC)c2)c2ccccc21. The van der Waals surface area contributed by atoms with Crippen LogP contribution in [0.25, 0.3) is 10.9 Å². The van der Waals surface area contributed by atoms with Crippen molar-refractivity contribution in [3.63, 3.8) is 0 Å².